The fourth-order valence-electron chi connectivity index (χ4n) is 3.79. The highest BCUT2D eigenvalue weighted by molar-refractivity contribution is 4.88. The number of rotatable bonds is 4. The van der Waals surface area contributed by atoms with E-state index < -0.39 is 0 Å². The Hall–Kier alpha value is 0. The molecule has 1 rings (SSSR count). The first-order chi connectivity index (χ1) is 6.67. The smallest absolute Gasteiger partial charge is 0.0251 e. The van der Waals surface area contributed by atoms with E-state index in [1.165, 1.54) is 44.9 Å². The summed E-state index contributed by atoms with van der Waals surface area (Å²) in [7, 11) is 0. The quantitative estimate of drug-likeness (QED) is 0.591. The van der Waals surface area contributed by atoms with Crippen molar-refractivity contribution in [2.75, 3.05) is 0 Å². The Bertz CT molecular complexity index is 147. The van der Waals surface area contributed by atoms with E-state index in [2.05, 4.69) is 27.7 Å². The minimum Gasteiger partial charge on any atom is -0.0648 e. The summed E-state index contributed by atoms with van der Waals surface area (Å²) in [6, 6.07) is 0. The zero-order chi connectivity index (χ0) is 10.6. The molecular formula is C14H28. The fraction of sp³-hybridized carbons (Fsp3) is 1.00. The molecule has 1 fully saturated rings. The third kappa shape index (κ3) is 2.15. The standard InChI is InChI=1S/C14H28/c1-5-14(6-2,12(3)4)13-10-8-7-9-11-13/h12-13H,5-11H2,1-4H3. The van der Waals surface area contributed by atoms with E-state index in [1.54, 1.807) is 0 Å². The molecule has 0 spiro atoms. The maximum atomic E-state index is 2.43. The van der Waals surface area contributed by atoms with E-state index in [1.807, 2.05) is 0 Å². The van der Waals surface area contributed by atoms with Gasteiger partial charge in [-0.1, -0.05) is 47.0 Å². The molecule has 0 nitrogen and oxygen atoms in total. The van der Waals surface area contributed by atoms with Gasteiger partial charge in [-0.05, 0) is 42.9 Å². The van der Waals surface area contributed by atoms with Gasteiger partial charge in [0.1, 0.15) is 0 Å². The minimum absolute atomic E-state index is 0.653. The second-order valence-electron chi connectivity index (χ2n) is 5.43. The lowest BCUT2D eigenvalue weighted by molar-refractivity contribution is 0.0503. The first-order valence-corrected chi connectivity index (χ1v) is 6.67. The van der Waals surface area contributed by atoms with E-state index in [0.717, 1.165) is 11.8 Å². The van der Waals surface area contributed by atoms with Gasteiger partial charge in [-0.15, -0.1) is 0 Å². The van der Waals surface area contributed by atoms with E-state index in [0.29, 0.717) is 5.41 Å². The summed E-state index contributed by atoms with van der Waals surface area (Å²) >= 11 is 0. The van der Waals surface area contributed by atoms with Gasteiger partial charge >= 0.3 is 0 Å². The summed E-state index contributed by atoms with van der Waals surface area (Å²) in [5.74, 6) is 1.88. The summed E-state index contributed by atoms with van der Waals surface area (Å²) < 4.78 is 0. The van der Waals surface area contributed by atoms with Crippen LogP contribution < -0.4 is 0 Å². The second-order valence-corrected chi connectivity index (χ2v) is 5.43. The predicted molar refractivity (Wildman–Crippen MR) is 64.4 cm³/mol. The highest BCUT2D eigenvalue weighted by atomic mass is 14.4. The molecule has 0 aliphatic heterocycles. The highest BCUT2D eigenvalue weighted by Crippen LogP contribution is 2.48. The van der Waals surface area contributed by atoms with Crippen molar-refractivity contribution in [1.29, 1.82) is 0 Å². The number of hydrogen-bond acceptors (Lipinski definition) is 0. The summed E-state index contributed by atoms with van der Waals surface area (Å²) in [5.41, 5.74) is 0.653. The lowest BCUT2D eigenvalue weighted by Crippen LogP contribution is -2.36. The lowest BCUT2D eigenvalue weighted by Gasteiger charge is -2.45. The average molecular weight is 196 g/mol. The van der Waals surface area contributed by atoms with Crippen LogP contribution in [-0.2, 0) is 0 Å². The molecule has 0 amide bonds. The molecule has 0 bridgehead atoms. The van der Waals surface area contributed by atoms with Crippen LogP contribution in [0.5, 0.6) is 0 Å². The summed E-state index contributed by atoms with van der Waals surface area (Å²) in [5, 5.41) is 0. The molecule has 0 N–H and O–H groups in total. The van der Waals surface area contributed by atoms with Gasteiger partial charge in [-0.25, -0.2) is 0 Å². The molecule has 1 aliphatic rings. The Kier molecular flexibility index (Phi) is 4.47. The van der Waals surface area contributed by atoms with Crippen LogP contribution in [0.25, 0.3) is 0 Å². The molecule has 0 heterocycles. The molecule has 0 aromatic rings. The van der Waals surface area contributed by atoms with Gasteiger partial charge in [0, 0.05) is 0 Å². The first-order valence-electron chi connectivity index (χ1n) is 6.67. The van der Waals surface area contributed by atoms with Crippen molar-refractivity contribution < 1.29 is 0 Å². The zero-order valence-corrected chi connectivity index (χ0v) is 10.6. The van der Waals surface area contributed by atoms with Crippen LogP contribution in [0.15, 0.2) is 0 Å². The molecule has 0 unspecified atom stereocenters. The van der Waals surface area contributed by atoms with Crippen molar-refractivity contribution in [3.05, 3.63) is 0 Å². The van der Waals surface area contributed by atoms with Crippen LogP contribution in [0.2, 0.25) is 0 Å². The Morgan fingerprint density at radius 1 is 1.00 bits per heavy atom. The number of hydrogen-bond donors (Lipinski definition) is 0. The van der Waals surface area contributed by atoms with Crippen LogP contribution in [0.1, 0.15) is 72.6 Å². The first kappa shape index (κ1) is 12.1. The van der Waals surface area contributed by atoms with Gasteiger partial charge in [0.05, 0.1) is 0 Å². The van der Waals surface area contributed by atoms with Gasteiger partial charge in [-0.2, -0.15) is 0 Å². The molecule has 1 aliphatic carbocycles. The Labute approximate surface area is 90.5 Å². The van der Waals surface area contributed by atoms with E-state index >= 15 is 0 Å². The predicted octanol–water partition coefficient (Wildman–Crippen LogP) is 5.03. The average Bonchev–Trinajstić information content (AvgIpc) is 2.22. The molecular weight excluding hydrogens is 168 g/mol. The molecule has 14 heavy (non-hydrogen) atoms. The van der Waals surface area contributed by atoms with Crippen LogP contribution >= 0.6 is 0 Å². The van der Waals surface area contributed by atoms with Crippen molar-refractivity contribution in [3.8, 4) is 0 Å². The topological polar surface area (TPSA) is 0 Å². The molecule has 0 heteroatoms. The van der Waals surface area contributed by atoms with Crippen molar-refractivity contribution in [1.82, 2.24) is 0 Å². The van der Waals surface area contributed by atoms with E-state index in [4.69, 9.17) is 0 Å². The maximum Gasteiger partial charge on any atom is -0.0251 e. The molecule has 0 saturated heterocycles. The fourth-order valence-corrected chi connectivity index (χ4v) is 3.79. The summed E-state index contributed by atoms with van der Waals surface area (Å²) in [6.07, 6.45) is 10.2. The third-order valence-electron chi connectivity index (χ3n) is 4.88. The Morgan fingerprint density at radius 3 is 1.86 bits per heavy atom. The molecule has 0 aromatic heterocycles. The highest BCUT2D eigenvalue weighted by Gasteiger charge is 2.38. The Morgan fingerprint density at radius 2 is 1.50 bits per heavy atom. The van der Waals surface area contributed by atoms with E-state index in [9.17, 15) is 0 Å². The van der Waals surface area contributed by atoms with Crippen LogP contribution in [0.3, 0.4) is 0 Å². The Balaban J connectivity index is 2.73. The van der Waals surface area contributed by atoms with Gasteiger partial charge in [0.15, 0.2) is 0 Å². The van der Waals surface area contributed by atoms with Crippen molar-refractivity contribution >= 4 is 0 Å². The summed E-state index contributed by atoms with van der Waals surface area (Å²) in [4.78, 5) is 0. The van der Waals surface area contributed by atoms with Crippen molar-refractivity contribution in [3.63, 3.8) is 0 Å². The summed E-state index contributed by atoms with van der Waals surface area (Å²) in [6.45, 7) is 9.67. The van der Waals surface area contributed by atoms with Gasteiger partial charge in [-0.3, -0.25) is 0 Å². The normalized spacial score (nSPS) is 20.4. The van der Waals surface area contributed by atoms with Gasteiger partial charge in [0.2, 0.25) is 0 Å². The van der Waals surface area contributed by atoms with Crippen LogP contribution in [0, 0.1) is 17.3 Å². The molecule has 0 radical (unpaired) electrons. The second kappa shape index (κ2) is 5.19. The zero-order valence-electron chi connectivity index (χ0n) is 10.6. The molecule has 84 valence electrons. The SMILES string of the molecule is CCC(CC)(C(C)C)C1CCCCC1. The molecule has 0 aromatic carbocycles. The van der Waals surface area contributed by atoms with Crippen LogP contribution in [0.4, 0.5) is 0 Å². The van der Waals surface area contributed by atoms with E-state index in [-0.39, 0.29) is 0 Å². The minimum atomic E-state index is 0.653. The van der Waals surface area contributed by atoms with Gasteiger partial charge < -0.3 is 0 Å². The van der Waals surface area contributed by atoms with Gasteiger partial charge in [0.25, 0.3) is 0 Å². The maximum absolute atomic E-state index is 2.43. The van der Waals surface area contributed by atoms with Crippen LogP contribution in [-0.4, -0.2) is 0 Å². The van der Waals surface area contributed by atoms with Crippen molar-refractivity contribution in [2.45, 2.75) is 72.6 Å². The molecule has 1 saturated carbocycles. The van der Waals surface area contributed by atoms with Crippen molar-refractivity contribution in [2.24, 2.45) is 17.3 Å². The lowest BCUT2D eigenvalue weighted by atomic mass is 9.60. The largest absolute Gasteiger partial charge is 0.0648 e. The third-order valence-corrected chi connectivity index (χ3v) is 4.88. The molecule has 0 atom stereocenters. The monoisotopic (exact) mass is 196 g/mol.